The highest BCUT2D eigenvalue weighted by Crippen LogP contribution is 2.30. The van der Waals surface area contributed by atoms with Crippen molar-refractivity contribution in [3.63, 3.8) is 0 Å². The molecule has 5 aromatic rings. The largest absolute Gasteiger partial charge is 0.416 e. The Morgan fingerprint density at radius 1 is 0.917 bits per heavy atom. The molecule has 0 spiro atoms. The van der Waals surface area contributed by atoms with Crippen molar-refractivity contribution in [3.8, 4) is 5.69 Å². The molecule has 2 aromatic carbocycles. The lowest BCUT2D eigenvalue weighted by molar-refractivity contribution is -0.137. The number of halogens is 3. The molecular weight excluding hydrogens is 469 g/mol. The van der Waals surface area contributed by atoms with Crippen LogP contribution >= 0.6 is 0 Å². The normalized spacial score (nSPS) is 12.6. The minimum Gasteiger partial charge on any atom is -0.344 e. The van der Waals surface area contributed by atoms with Crippen LogP contribution in [-0.4, -0.2) is 20.4 Å². The molecule has 0 saturated carbocycles. The van der Waals surface area contributed by atoms with Gasteiger partial charge in [0.05, 0.1) is 33.7 Å². The van der Waals surface area contributed by atoms with E-state index in [9.17, 15) is 22.8 Å². The van der Waals surface area contributed by atoms with Gasteiger partial charge in [0.15, 0.2) is 0 Å². The van der Waals surface area contributed by atoms with Crippen LogP contribution in [0.25, 0.3) is 27.5 Å². The summed E-state index contributed by atoms with van der Waals surface area (Å²) in [6.45, 7) is 1.82. The molecule has 3 heterocycles. The van der Waals surface area contributed by atoms with E-state index >= 15 is 0 Å². The van der Waals surface area contributed by atoms with Gasteiger partial charge in [0, 0.05) is 29.0 Å². The lowest BCUT2D eigenvalue weighted by Crippen LogP contribution is -2.27. The third-order valence-electron chi connectivity index (χ3n) is 5.93. The molecule has 0 saturated heterocycles. The van der Waals surface area contributed by atoms with Crippen molar-refractivity contribution in [3.05, 3.63) is 112 Å². The number of amides is 1. The van der Waals surface area contributed by atoms with Crippen molar-refractivity contribution < 1.29 is 18.0 Å². The Hall–Kier alpha value is -4.53. The second-order valence-corrected chi connectivity index (χ2v) is 8.27. The predicted octanol–water partition coefficient (Wildman–Crippen LogP) is 5.44. The molecule has 1 atom stereocenters. The van der Waals surface area contributed by atoms with Crippen LogP contribution in [0.1, 0.15) is 34.6 Å². The van der Waals surface area contributed by atoms with Gasteiger partial charge in [-0.15, -0.1) is 0 Å². The van der Waals surface area contributed by atoms with Crippen molar-refractivity contribution in [2.45, 2.75) is 19.1 Å². The minimum absolute atomic E-state index is 0.268. The monoisotopic (exact) mass is 488 g/mol. The van der Waals surface area contributed by atoms with E-state index < -0.39 is 17.3 Å². The van der Waals surface area contributed by atoms with Crippen LogP contribution in [0.3, 0.4) is 0 Å². The quantitative estimate of drug-likeness (QED) is 0.342. The number of pyridine rings is 3. The summed E-state index contributed by atoms with van der Waals surface area (Å²) in [4.78, 5) is 35.0. The first kappa shape index (κ1) is 23.2. The highest BCUT2D eigenvalue weighted by Gasteiger charge is 2.30. The number of benzene rings is 2. The van der Waals surface area contributed by atoms with Crippen LogP contribution in [-0.2, 0) is 6.18 Å². The van der Waals surface area contributed by atoms with Crippen molar-refractivity contribution in [1.82, 2.24) is 19.9 Å². The maximum atomic E-state index is 13.4. The van der Waals surface area contributed by atoms with E-state index in [0.29, 0.717) is 27.7 Å². The molecule has 0 aliphatic heterocycles. The summed E-state index contributed by atoms with van der Waals surface area (Å²) in [7, 11) is 0. The van der Waals surface area contributed by atoms with Gasteiger partial charge in [-0.3, -0.25) is 24.1 Å². The van der Waals surface area contributed by atoms with Crippen LogP contribution in [0.5, 0.6) is 0 Å². The summed E-state index contributed by atoms with van der Waals surface area (Å²) < 4.78 is 40.5. The maximum Gasteiger partial charge on any atom is 0.416 e. The van der Waals surface area contributed by atoms with E-state index in [-0.39, 0.29) is 23.0 Å². The zero-order chi connectivity index (χ0) is 25.4. The summed E-state index contributed by atoms with van der Waals surface area (Å²) in [5, 5.41) is 3.70. The third-order valence-corrected chi connectivity index (χ3v) is 5.93. The predicted molar refractivity (Wildman–Crippen MR) is 130 cm³/mol. The fraction of sp³-hybridized carbons (Fsp3) is 0.111. The molecule has 3 aromatic heterocycles. The standard InChI is InChI=1S/C27H19F3N4O2/c1-16(22-6-2-3-13-31-22)33-25(35)17-7-12-23-21(15-17)24-20(5-4-14-32-24)26(36)34(23)19-10-8-18(9-11-19)27(28,29)30/h2-16H,1H3,(H,33,35)/t16-/m0/s1. The van der Waals surface area contributed by atoms with Crippen molar-refractivity contribution >= 4 is 27.7 Å². The molecule has 0 aliphatic carbocycles. The molecule has 0 bridgehead atoms. The Kier molecular flexibility index (Phi) is 5.75. The van der Waals surface area contributed by atoms with E-state index in [1.807, 2.05) is 19.1 Å². The van der Waals surface area contributed by atoms with Gasteiger partial charge in [-0.25, -0.2) is 0 Å². The molecule has 6 nitrogen and oxygen atoms in total. The number of hydrogen-bond donors (Lipinski definition) is 1. The maximum absolute atomic E-state index is 13.4. The summed E-state index contributed by atoms with van der Waals surface area (Å²) >= 11 is 0. The van der Waals surface area contributed by atoms with E-state index in [1.165, 1.54) is 16.7 Å². The first-order chi connectivity index (χ1) is 17.2. The van der Waals surface area contributed by atoms with Crippen molar-refractivity contribution in [1.29, 1.82) is 0 Å². The molecule has 36 heavy (non-hydrogen) atoms. The molecule has 1 amide bonds. The van der Waals surface area contributed by atoms with Crippen LogP contribution in [0.4, 0.5) is 13.2 Å². The molecule has 0 unspecified atom stereocenters. The van der Waals surface area contributed by atoms with E-state index in [1.54, 1.807) is 48.8 Å². The summed E-state index contributed by atoms with van der Waals surface area (Å²) in [6.07, 6.45) is -1.31. The highest BCUT2D eigenvalue weighted by atomic mass is 19.4. The van der Waals surface area contributed by atoms with Crippen LogP contribution in [0.2, 0.25) is 0 Å². The number of aromatic nitrogens is 3. The molecule has 180 valence electrons. The van der Waals surface area contributed by atoms with Crippen molar-refractivity contribution in [2.24, 2.45) is 0 Å². The van der Waals surface area contributed by atoms with Gasteiger partial charge in [-0.1, -0.05) is 6.07 Å². The second-order valence-electron chi connectivity index (χ2n) is 8.27. The Balaban J connectivity index is 1.63. The van der Waals surface area contributed by atoms with Crippen LogP contribution < -0.4 is 10.9 Å². The smallest absolute Gasteiger partial charge is 0.344 e. The number of nitrogens with one attached hydrogen (secondary N) is 1. The number of hydrogen-bond acceptors (Lipinski definition) is 4. The molecule has 0 fully saturated rings. The third kappa shape index (κ3) is 4.19. The topological polar surface area (TPSA) is 76.9 Å². The Bertz CT molecular complexity index is 1650. The number of nitrogens with zero attached hydrogens (tertiary/aromatic N) is 3. The van der Waals surface area contributed by atoms with E-state index in [2.05, 4.69) is 15.3 Å². The number of fused-ring (bicyclic) bond motifs is 3. The summed E-state index contributed by atoms with van der Waals surface area (Å²) in [6, 6.07) is 17.5. The lowest BCUT2D eigenvalue weighted by Gasteiger charge is -2.16. The van der Waals surface area contributed by atoms with Gasteiger partial charge >= 0.3 is 6.18 Å². The number of carbonyl (C=O) groups is 1. The van der Waals surface area contributed by atoms with Crippen LogP contribution in [0.15, 0.2) is 90.0 Å². The average Bonchev–Trinajstić information content (AvgIpc) is 2.89. The van der Waals surface area contributed by atoms with Crippen LogP contribution in [0, 0.1) is 0 Å². The summed E-state index contributed by atoms with van der Waals surface area (Å²) in [5.41, 5.74) is 0.890. The fourth-order valence-corrected chi connectivity index (χ4v) is 4.13. The van der Waals surface area contributed by atoms with E-state index in [4.69, 9.17) is 0 Å². The number of rotatable bonds is 4. The first-order valence-electron chi connectivity index (χ1n) is 11.1. The lowest BCUT2D eigenvalue weighted by atomic mass is 10.1. The molecule has 0 radical (unpaired) electrons. The average molecular weight is 488 g/mol. The highest BCUT2D eigenvalue weighted by molar-refractivity contribution is 6.07. The van der Waals surface area contributed by atoms with Gasteiger partial charge < -0.3 is 5.32 Å². The zero-order valence-electron chi connectivity index (χ0n) is 19.0. The molecule has 0 aliphatic rings. The second kappa shape index (κ2) is 8.92. The minimum atomic E-state index is -4.49. The molecular formula is C27H19F3N4O2. The first-order valence-corrected chi connectivity index (χ1v) is 11.1. The molecule has 9 heteroatoms. The Morgan fingerprint density at radius 2 is 1.67 bits per heavy atom. The van der Waals surface area contributed by atoms with Crippen molar-refractivity contribution in [2.75, 3.05) is 0 Å². The molecule has 1 N–H and O–H groups in total. The van der Waals surface area contributed by atoms with Gasteiger partial charge in [-0.2, -0.15) is 13.2 Å². The Morgan fingerprint density at radius 3 is 2.36 bits per heavy atom. The summed E-state index contributed by atoms with van der Waals surface area (Å²) in [5.74, 6) is -0.341. The zero-order valence-corrected chi connectivity index (χ0v) is 19.0. The SMILES string of the molecule is C[C@H](NC(=O)c1ccc2c(c1)c1ncccc1c(=O)n2-c1ccc(C(F)(F)F)cc1)c1ccccn1. The Labute approximate surface area is 203 Å². The molecule has 5 rings (SSSR count). The van der Waals surface area contributed by atoms with Gasteiger partial charge in [0.2, 0.25) is 0 Å². The number of alkyl halides is 3. The van der Waals surface area contributed by atoms with Gasteiger partial charge in [0.1, 0.15) is 0 Å². The fourth-order valence-electron chi connectivity index (χ4n) is 4.13. The van der Waals surface area contributed by atoms with Gasteiger partial charge in [0.25, 0.3) is 11.5 Å². The van der Waals surface area contributed by atoms with Gasteiger partial charge in [-0.05, 0) is 73.7 Å². The number of carbonyl (C=O) groups excluding carboxylic acids is 1. The van der Waals surface area contributed by atoms with E-state index in [0.717, 1.165) is 12.1 Å².